The number of hydrogen-bond acceptors (Lipinski definition) is 8. The number of likely N-dealkylation sites (tertiary alicyclic amines) is 1. The number of tetrazole rings is 1. The molecule has 2 aromatic rings. The van der Waals surface area contributed by atoms with Crippen molar-refractivity contribution >= 4 is 11.9 Å². The first-order chi connectivity index (χ1) is 15.0. The molecule has 4 heterocycles. The highest BCUT2D eigenvalue weighted by atomic mass is 16.5. The van der Waals surface area contributed by atoms with E-state index >= 15 is 0 Å². The first-order valence-corrected chi connectivity index (χ1v) is 10.6. The predicted molar refractivity (Wildman–Crippen MR) is 112 cm³/mol. The van der Waals surface area contributed by atoms with Crippen LogP contribution in [0, 0.1) is 5.41 Å². The zero-order chi connectivity index (χ0) is 21.8. The van der Waals surface area contributed by atoms with E-state index in [4.69, 9.17) is 10.5 Å². The van der Waals surface area contributed by atoms with Crippen LogP contribution in [0.2, 0.25) is 0 Å². The van der Waals surface area contributed by atoms with Gasteiger partial charge in [-0.3, -0.25) is 4.79 Å². The van der Waals surface area contributed by atoms with Gasteiger partial charge in [-0.25, -0.2) is 9.78 Å². The Hall–Kier alpha value is -3.14. The van der Waals surface area contributed by atoms with E-state index in [-0.39, 0.29) is 25.3 Å². The number of esters is 1. The third-order valence-electron chi connectivity index (χ3n) is 6.33. The summed E-state index contributed by atoms with van der Waals surface area (Å²) in [6.07, 6.45) is 9.60. The zero-order valence-corrected chi connectivity index (χ0v) is 17.7. The average molecular weight is 428 g/mol. The Morgan fingerprint density at radius 1 is 1.19 bits per heavy atom. The second kappa shape index (κ2) is 8.93. The third-order valence-corrected chi connectivity index (χ3v) is 6.33. The Morgan fingerprint density at radius 3 is 2.58 bits per heavy atom. The van der Waals surface area contributed by atoms with Gasteiger partial charge in [-0.1, -0.05) is 25.3 Å². The Labute approximate surface area is 181 Å². The molecular formula is C21H29N7O3. The SMILES string of the molecule is CC1=C(N2CCC3(CCCCC3)C2=O)COC1=O.NCc1ccc(-n2ncnn2)nc1.[HH]. The van der Waals surface area contributed by atoms with Crippen LogP contribution in [0.1, 0.15) is 52.4 Å². The molecule has 2 aromatic heterocycles. The summed E-state index contributed by atoms with van der Waals surface area (Å²) in [6.45, 7) is 3.26. The molecule has 31 heavy (non-hydrogen) atoms. The van der Waals surface area contributed by atoms with Gasteiger partial charge in [0.2, 0.25) is 5.91 Å². The fourth-order valence-electron chi connectivity index (χ4n) is 4.45. The normalized spacial score (nSPS) is 20.1. The van der Waals surface area contributed by atoms with E-state index in [2.05, 4.69) is 20.4 Å². The topological polar surface area (TPSA) is 129 Å². The number of aromatic nitrogens is 5. The Bertz CT molecular complexity index is 970. The molecule has 1 amide bonds. The summed E-state index contributed by atoms with van der Waals surface area (Å²) in [5.41, 5.74) is 7.68. The van der Waals surface area contributed by atoms with Crippen molar-refractivity contribution in [3.8, 4) is 5.82 Å². The molecular weight excluding hydrogens is 398 g/mol. The lowest BCUT2D eigenvalue weighted by molar-refractivity contribution is -0.138. The molecule has 0 radical (unpaired) electrons. The lowest BCUT2D eigenvalue weighted by atomic mass is 9.73. The van der Waals surface area contributed by atoms with Gasteiger partial charge < -0.3 is 15.4 Å². The molecule has 1 spiro atoms. The van der Waals surface area contributed by atoms with Gasteiger partial charge >= 0.3 is 5.97 Å². The van der Waals surface area contributed by atoms with Gasteiger partial charge in [0, 0.05) is 20.7 Å². The molecule has 0 atom stereocenters. The highest BCUT2D eigenvalue weighted by Gasteiger charge is 2.48. The molecule has 2 N–H and O–H groups in total. The van der Waals surface area contributed by atoms with Crippen molar-refractivity contribution in [3.63, 3.8) is 0 Å². The maximum Gasteiger partial charge on any atom is 0.336 e. The van der Waals surface area contributed by atoms with Crippen molar-refractivity contribution in [2.75, 3.05) is 13.2 Å². The minimum Gasteiger partial charge on any atom is -0.456 e. The largest absolute Gasteiger partial charge is 0.456 e. The molecule has 1 aliphatic carbocycles. The molecule has 10 nitrogen and oxygen atoms in total. The standard InChI is InChI=1S/C14H19NO3.C7H8N6.H2/c1-10-11(9-18-12(10)16)15-8-7-14(13(15)17)5-3-2-4-6-14;8-3-6-1-2-7(9-4-6)13-11-5-10-12-13;/h2-9H2,1H3;1-2,4-5H,3,8H2;1H. The van der Waals surface area contributed by atoms with E-state index in [0.29, 0.717) is 17.9 Å². The quantitative estimate of drug-likeness (QED) is 0.734. The van der Waals surface area contributed by atoms with Crippen LogP contribution in [-0.2, 0) is 20.9 Å². The van der Waals surface area contributed by atoms with E-state index in [1.165, 1.54) is 17.5 Å². The van der Waals surface area contributed by atoms with Crippen LogP contribution in [-0.4, -0.2) is 55.1 Å². The number of pyridine rings is 1. The van der Waals surface area contributed by atoms with E-state index < -0.39 is 0 Å². The van der Waals surface area contributed by atoms with E-state index in [0.717, 1.165) is 49.9 Å². The lowest BCUT2D eigenvalue weighted by Crippen LogP contribution is -2.36. The number of ether oxygens (including phenoxy) is 1. The number of carbonyl (C=O) groups excluding carboxylic acids is 2. The summed E-state index contributed by atoms with van der Waals surface area (Å²) in [5, 5.41) is 11.1. The van der Waals surface area contributed by atoms with E-state index in [1.807, 2.05) is 11.0 Å². The zero-order valence-electron chi connectivity index (χ0n) is 17.7. The maximum absolute atomic E-state index is 12.6. The van der Waals surface area contributed by atoms with Crippen LogP contribution in [0.15, 0.2) is 35.9 Å². The van der Waals surface area contributed by atoms with Gasteiger partial charge in [0.15, 0.2) is 12.1 Å². The Kier molecular flexibility index (Phi) is 6.08. The van der Waals surface area contributed by atoms with Gasteiger partial charge in [-0.2, -0.15) is 0 Å². The van der Waals surface area contributed by atoms with Gasteiger partial charge in [-0.15, -0.1) is 15.0 Å². The summed E-state index contributed by atoms with van der Waals surface area (Å²) < 4.78 is 5.01. The first kappa shape index (κ1) is 21.1. The number of hydrogen-bond donors (Lipinski definition) is 1. The van der Waals surface area contributed by atoms with Crippen LogP contribution in [0.4, 0.5) is 0 Å². The average Bonchev–Trinajstić information content (AvgIpc) is 3.53. The summed E-state index contributed by atoms with van der Waals surface area (Å²) in [5.74, 6) is 0.590. The number of amides is 1. The Balaban J connectivity index is 0.000000184. The van der Waals surface area contributed by atoms with E-state index in [9.17, 15) is 9.59 Å². The fraction of sp³-hybridized carbons (Fsp3) is 0.524. The minimum atomic E-state index is -0.276. The first-order valence-electron chi connectivity index (χ1n) is 10.6. The highest BCUT2D eigenvalue weighted by molar-refractivity contribution is 5.94. The third kappa shape index (κ3) is 4.20. The summed E-state index contributed by atoms with van der Waals surface area (Å²) in [6, 6.07) is 3.68. The van der Waals surface area contributed by atoms with Crippen LogP contribution in [0.5, 0.6) is 0 Å². The molecule has 166 valence electrons. The summed E-state index contributed by atoms with van der Waals surface area (Å²) in [7, 11) is 0. The highest BCUT2D eigenvalue weighted by Crippen LogP contribution is 2.46. The molecule has 0 bridgehead atoms. The maximum atomic E-state index is 12.6. The number of nitrogens with zero attached hydrogens (tertiary/aromatic N) is 6. The van der Waals surface area contributed by atoms with Crippen molar-refractivity contribution in [2.45, 2.75) is 52.0 Å². The van der Waals surface area contributed by atoms with Gasteiger partial charge in [0.1, 0.15) is 6.61 Å². The predicted octanol–water partition coefficient (Wildman–Crippen LogP) is 1.76. The molecule has 10 heteroatoms. The minimum absolute atomic E-state index is 0. The van der Waals surface area contributed by atoms with Crippen LogP contribution >= 0.6 is 0 Å². The number of cyclic esters (lactones) is 1. The molecule has 2 aliphatic heterocycles. The van der Waals surface area contributed by atoms with Crippen LogP contribution in [0.25, 0.3) is 5.82 Å². The molecule has 1 saturated heterocycles. The van der Waals surface area contributed by atoms with Crippen molar-refractivity contribution in [1.29, 1.82) is 0 Å². The molecule has 3 aliphatic rings. The van der Waals surface area contributed by atoms with Crippen LogP contribution < -0.4 is 5.73 Å². The molecule has 0 aromatic carbocycles. The summed E-state index contributed by atoms with van der Waals surface area (Å²) >= 11 is 0. The number of carbonyl (C=O) groups is 2. The van der Waals surface area contributed by atoms with Crippen molar-refractivity contribution in [2.24, 2.45) is 11.1 Å². The second-order valence-electron chi connectivity index (χ2n) is 8.15. The lowest BCUT2D eigenvalue weighted by Gasteiger charge is -2.31. The van der Waals surface area contributed by atoms with Gasteiger partial charge in [0.25, 0.3) is 0 Å². The van der Waals surface area contributed by atoms with Gasteiger partial charge in [-0.05, 0) is 43.0 Å². The van der Waals surface area contributed by atoms with E-state index in [1.54, 1.807) is 19.2 Å². The second-order valence-corrected chi connectivity index (χ2v) is 8.15. The number of rotatable bonds is 3. The summed E-state index contributed by atoms with van der Waals surface area (Å²) in [4.78, 5) is 31.3. The van der Waals surface area contributed by atoms with Crippen molar-refractivity contribution in [3.05, 3.63) is 41.5 Å². The van der Waals surface area contributed by atoms with Crippen LogP contribution in [0.3, 0.4) is 0 Å². The molecule has 1 saturated carbocycles. The molecule has 2 fully saturated rings. The van der Waals surface area contributed by atoms with Crippen molar-refractivity contribution < 1.29 is 15.8 Å². The fourth-order valence-corrected chi connectivity index (χ4v) is 4.45. The smallest absolute Gasteiger partial charge is 0.336 e. The molecule has 5 rings (SSSR count). The Morgan fingerprint density at radius 2 is 2.00 bits per heavy atom. The monoisotopic (exact) mass is 427 g/mol. The van der Waals surface area contributed by atoms with Gasteiger partial charge in [0.05, 0.1) is 16.7 Å². The molecule has 0 unspecified atom stereocenters. The number of nitrogens with two attached hydrogens (primary N) is 1. The van der Waals surface area contributed by atoms with Crippen molar-refractivity contribution in [1.82, 2.24) is 30.1 Å².